The van der Waals surface area contributed by atoms with Gasteiger partial charge in [-0.3, -0.25) is 9.69 Å². The van der Waals surface area contributed by atoms with Crippen LogP contribution in [0.25, 0.3) is 0 Å². The zero-order valence-electron chi connectivity index (χ0n) is 17.5. The summed E-state index contributed by atoms with van der Waals surface area (Å²) in [5.74, 6) is 0.235. The van der Waals surface area contributed by atoms with Crippen molar-refractivity contribution in [2.75, 3.05) is 13.1 Å². The maximum Gasteiger partial charge on any atom is 0.223 e. The Balaban J connectivity index is 1.56. The maximum absolute atomic E-state index is 12.9. The van der Waals surface area contributed by atoms with Crippen molar-refractivity contribution in [1.82, 2.24) is 10.2 Å². The summed E-state index contributed by atoms with van der Waals surface area (Å²) >= 11 is 12.6. The number of nitrogens with zero attached hydrogens (tertiary/aromatic N) is 1. The molecule has 2 aromatic rings. The van der Waals surface area contributed by atoms with Crippen LogP contribution in [-0.2, 0) is 11.3 Å². The molecule has 1 N–H and O–H groups in total. The van der Waals surface area contributed by atoms with E-state index in [2.05, 4.69) is 49.2 Å². The van der Waals surface area contributed by atoms with Crippen molar-refractivity contribution in [3.63, 3.8) is 0 Å². The quantitative estimate of drug-likeness (QED) is 0.598. The molecule has 1 saturated heterocycles. The second-order valence-corrected chi connectivity index (χ2v) is 8.88. The average Bonchev–Trinajstić information content (AvgIpc) is 2.71. The van der Waals surface area contributed by atoms with Crippen LogP contribution in [0.1, 0.15) is 54.5 Å². The molecule has 1 heterocycles. The molecule has 29 heavy (non-hydrogen) atoms. The summed E-state index contributed by atoms with van der Waals surface area (Å²) in [7, 11) is 0. The minimum Gasteiger partial charge on any atom is -0.349 e. The molecule has 0 spiro atoms. The molecule has 3 nitrogen and oxygen atoms in total. The van der Waals surface area contributed by atoms with E-state index in [1.165, 1.54) is 16.7 Å². The lowest BCUT2D eigenvalue weighted by atomic mass is 9.94. The Bertz CT molecular complexity index is 840. The zero-order chi connectivity index (χ0) is 21.0. The molecule has 1 amide bonds. The molecule has 1 fully saturated rings. The molecule has 0 aromatic heterocycles. The Morgan fingerprint density at radius 1 is 1.10 bits per heavy atom. The molecule has 0 unspecified atom stereocenters. The third-order valence-corrected chi connectivity index (χ3v) is 6.77. The Morgan fingerprint density at radius 2 is 1.76 bits per heavy atom. The highest BCUT2D eigenvalue weighted by Crippen LogP contribution is 2.28. The summed E-state index contributed by atoms with van der Waals surface area (Å²) in [6, 6.07) is 12.2. The molecule has 0 aliphatic carbocycles. The van der Waals surface area contributed by atoms with E-state index in [0.29, 0.717) is 10.0 Å². The molecule has 1 aliphatic rings. The topological polar surface area (TPSA) is 32.3 Å². The fourth-order valence-corrected chi connectivity index (χ4v) is 4.47. The summed E-state index contributed by atoms with van der Waals surface area (Å²) in [6.45, 7) is 8.83. The van der Waals surface area contributed by atoms with Gasteiger partial charge in [0.15, 0.2) is 0 Å². The lowest BCUT2D eigenvalue weighted by Gasteiger charge is -2.32. The second kappa shape index (κ2) is 9.97. The highest BCUT2D eigenvalue weighted by Gasteiger charge is 2.27. The van der Waals surface area contributed by atoms with E-state index >= 15 is 0 Å². The van der Waals surface area contributed by atoms with Crippen LogP contribution in [0.15, 0.2) is 36.4 Å². The minimum absolute atomic E-state index is 0.0635. The highest BCUT2D eigenvalue weighted by molar-refractivity contribution is 6.35. The van der Waals surface area contributed by atoms with Crippen LogP contribution < -0.4 is 5.32 Å². The zero-order valence-corrected chi connectivity index (χ0v) is 19.0. The van der Waals surface area contributed by atoms with Gasteiger partial charge in [0.1, 0.15) is 0 Å². The van der Waals surface area contributed by atoms with Crippen LogP contribution in [0.3, 0.4) is 0 Å². The van der Waals surface area contributed by atoms with E-state index in [1.54, 1.807) is 0 Å². The number of hydrogen-bond acceptors (Lipinski definition) is 2. The fourth-order valence-electron chi connectivity index (χ4n) is 3.95. The van der Waals surface area contributed by atoms with E-state index < -0.39 is 0 Å². The van der Waals surface area contributed by atoms with Gasteiger partial charge in [0.25, 0.3) is 0 Å². The van der Waals surface area contributed by atoms with Crippen LogP contribution in [0.5, 0.6) is 0 Å². The molecule has 0 saturated carbocycles. The number of carbonyl (C=O) groups is 1. The third kappa shape index (κ3) is 5.53. The lowest BCUT2D eigenvalue weighted by Crippen LogP contribution is -2.41. The van der Waals surface area contributed by atoms with Gasteiger partial charge in [-0.25, -0.2) is 0 Å². The Hall–Kier alpha value is -1.55. The van der Waals surface area contributed by atoms with Crippen molar-refractivity contribution in [2.45, 2.75) is 52.6 Å². The number of piperidine rings is 1. The predicted octanol–water partition coefficient (Wildman–Crippen LogP) is 6.09. The first-order valence-corrected chi connectivity index (χ1v) is 11.2. The number of rotatable bonds is 6. The van der Waals surface area contributed by atoms with Gasteiger partial charge in [-0.05, 0) is 75.0 Å². The number of likely N-dealkylation sites (tertiary alicyclic amines) is 1. The maximum atomic E-state index is 12.9. The van der Waals surface area contributed by atoms with Crippen molar-refractivity contribution in [1.29, 1.82) is 0 Å². The standard InChI is InChI=1S/C24H30Cl2N2O/c1-4-23(19-9-8-16(2)17(3)14-19)27-24(29)18-10-12-28(13-11-18)15-20-21(25)6-5-7-22(20)26/h5-9,14,18,23H,4,10-13,15H2,1-3H3,(H,27,29)/t23-/m1/s1. The Labute approximate surface area is 184 Å². The van der Waals surface area contributed by atoms with Crippen molar-refractivity contribution in [3.05, 3.63) is 68.7 Å². The van der Waals surface area contributed by atoms with Crippen LogP contribution in [0.2, 0.25) is 10.0 Å². The van der Waals surface area contributed by atoms with Gasteiger partial charge < -0.3 is 5.32 Å². The van der Waals surface area contributed by atoms with Gasteiger partial charge in [-0.1, -0.05) is 54.4 Å². The van der Waals surface area contributed by atoms with Crippen molar-refractivity contribution >= 4 is 29.1 Å². The minimum atomic E-state index is 0.0635. The van der Waals surface area contributed by atoms with Crippen molar-refractivity contribution in [2.24, 2.45) is 5.92 Å². The average molecular weight is 433 g/mol. The van der Waals surface area contributed by atoms with Gasteiger partial charge >= 0.3 is 0 Å². The number of amides is 1. The van der Waals surface area contributed by atoms with Crippen molar-refractivity contribution < 1.29 is 4.79 Å². The van der Waals surface area contributed by atoms with Gasteiger partial charge in [-0.2, -0.15) is 0 Å². The van der Waals surface area contributed by atoms with E-state index in [-0.39, 0.29) is 17.9 Å². The van der Waals surface area contributed by atoms with E-state index in [4.69, 9.17) is 23.2 Å². The molecule has 1 atom stereocenters. The molecule has 0 bridgehead atoms. The molecule has 3 rings (SSSR count). The number of aryl methyl sites for hydroxylation is 2. The Kier molecular flexibility index (Phi) is 7.61. The van der Waals surface area contributed by atoms with E-state index in [0.717, 1.165) is 44.5 Å². The van der Waals surface area contributed by atoms with Gasteiger partial charge in [0.2, 0.25) is 5.91 Å². The molecule has 5 heteroatoms. The number of halogens is 2. The summed E-state index contributed by atoms with van der Waals surface area (Å²) in [6.07, 6.45) is 2.60. The summed E-state index contributed by atoms with van der Waals surface area (Å²) < 4.78 is 0. The smallest absolute Gasteiger partial charge is 0.223 e. The van der Waals surface area contributed by atoms with E-state index in [1.807, 2.05) is 18.2 Å². The van der Waals surface area contributed by atoms with Crippen LogP contribution >= 0.6 is 23.2 Å². The lowest BCUT2D eigenvalue weighted by molar-refractivity contribution is -0.127. The van der Waals surface area contributed by atoms with E-state index in [9.17, 15) is 4.79 Å². The first-order valence-electron chi connectivity index (χ1n) is 10.4. The Morgan fingerprint density at radius 3 is 2.34 bits per heavy atom. The molecular formula is C24H30Cl2N2O. The predicted molar refractivity (Wildman–Crippen MR) is 122 cm³/mol. The SMILES string of the molecule is CC[C@@H](NC(=O)C1CCN(Cc2c(Cl)cccc2Cl)CC1)c1ccc(C)c(C)c1. The molecule has 156 valence electrons. The number of hydrogen-bond donors (Lipinski definition) is 1. The van der Waals surface area contributed by atoms with Crippen molar-refractivity contribution in [3.8, 4) is 0 Å². The number of carbonyl (C=O) groups excluding carboxylic acids is 1. The number of benzene rings is 2. The highest BCUT2D eigenvalue weighted by atomic mass is 35.5. The molecule has 1 aliphatic heterocycles. The summed E-state index contributed by atoms with van der Waals surface area (Å²) in [4.78, 5) is 15.2. The van der Waals surface area contributed by atoms with Crippen LogP contribution in [0.4, 0.5) is 0 Å². The van der Waals surface area contributed by atoms with Gasteiger partial charge in [0.05, 0.1) is 6.04 Å². The van der Waals surface area contributed by atoms with Crippen LogP contribution in [-0.4, -0.2) is 23.9 Å². The fraction of sp³-hybridized carbons (Fsp3) is 0.458. The number of nitrogens with one attached hydrogen (secondary N) is 1. The van der Waals surface area contributed by atoms with Gasteiger partial charge in [-0.15, -0.1) is 0 Å². The van der Waals surface area contributed by atoms with Crippen LogP contribution in [0, 0.1) is 19.8 Å². The molecular weight excluding hydrogens is 403 g/mol. The third-order valence-electron chi connectivity index (χ3n) is 6.06. The van der Waals surface area contributed by atoms with Gasteiger partial charge in [0, 0.05) is 28.1 Å². The largest absolute Gasteiger partial charge is 0.349 e. The molecule has 2 aromatic carbocycles. The first kappa shape index (κ1) is 22.1. The monoisotopic (exact) mass is 432 g/mol. The summed E-state index contributed by atoms with van der Waals surface area (Å²) in [5.41, 5.74) is 4.71. The normalized spacial score (nSPS) is 16.6. The second-order valence-electron chi connectivity index (χ2n) is 8.06. The molecule has 0 radical (unpaired) electrons. The first-order chi connectivity index (χ1) is 13.9. The summed E-state index contributed by atoms with van der Waals surface area (Å²) in [5, 5.41) is 4.69.